The Labute approximate surface area is 289 Å². The smallest absolute Gasteiger partial charge is 0.200 e. The van der Waals surface area contributed by atoms with Crippen LogP contribution in [-0.4, -0.2) is 51.1 Å². The fourth-order valence-corrected chi connectivity index (χ4v) is 6.35. The molecule has 6 nitrogen and oxygen atoms in total. The number of allylic oxidation sites excluding steroid dienone is 7. The van der Waals surface area contributed by atoms with Crippen molar-refractivity contribution in [3.8, 4) is 0 Å². The van der Waals surface area contributed by atoms with Crippen molar-refractivity contribution in [2.45, 2.75) is 6.04 Å². The normalized spacial score (nSPS) is 17.2. The molecule has 50 heavy (non-hydrogen) atoms. The standard InChI is InChI=1S/C44H36N2O4/c1-45(2)38-20-24-42-35(28-38)14-12-33-26-30(10-22-40(33)42)6-4-8-44(48)36-17-23-41-34(27-36)13-11-32-25-29(9-21-39(32)41)5-3-7-43(47)31-15-18-37(19-16-31)46(49)50/h3-28,37,47-49H,1-2H3/b7-3?,8-4?,29-5?,30-6?,43-31?,44-36-. The van der Waals surface area contributed by atoms with Gasteiger partial charge in [0.05, 0.1) is 6.04 Å². The maximum atomic E-state index is 11.0. The highest BCUT2D eigenvalue weighted by Gasteiger charge is 2.10. The lowest BCUT2D eigenvalue weighted by Gasteiger charge is -2.27. The quantitative estimate of drug-likeness (QED) is 0.0908. The third-order valence-electron chi connectivity index (χ3n) is 9.10. The molecule has 246 valence electrons. The van der Waals surface area contributed by atoms with E-state index in [0.717, 1.165) is 37.2 Å². The molecule has 6 heteroatoms. The molecular weight excluding hydrogens is 620 g/mol. The minimum Gasteiger partial charge on any atom is -0.762 e. The van der Waals surface area contributed by atoms with Crippen LogP contribution in [0, 0.1) is 5.21 Å². The summed E-state index contributed by atoms with van der Waals surface area (Å²) >= 11 is 0. The van der Waals surface area contributed by atoms with Crippen LogP contribution in [0.15, 0.2) is 145 Å². The summed E-state index contributed by atoms with van der Waals surface area (Å²) in [7, 11) is 4.10. The van der Waals surface area contributed by atoms with Gasteiger partial charge in [0.2, 0.25) is 0 Å². The molecule has 0 bridgehead atoms. The molecule has 5 aromatic carbocycles. The minimum atomic E-state index is -0.756. The first-order valence-corrected chi connectivity index (χ1v) is 16.4. The predicted octanol–water partition coefficient (Wildman–Crippen LogP) is 6.20. The van der Waals surface area contributed by atoms with Gasteiger partial charge in [-0.2, -0.15) is 0 Å². The van der Waals surface area contributed by atoms with Crippen LogP contribution in [-0.2, 0) is 0 Å². The molecule has 3 N–H and O–H groups in total. The molecule has 0 spiro atoms. The van der Waals surface area contributed by atoms with Crippen LogP contribution in [0.4, 0.5) is 0 Å². The van der Waals surface area contributed by atoms with Gasteiger partial charge in [-0.3, -0.25) is 5.23 Å². The Balaban J connectivity index is 1.11. The number of nitrogens with zero attached hydrogens (tertiary/aromatic N) is 2. The number of aliphatic hydroxyl groups excluding tert-OH is 2. The predicted molar refractivity (Wildman–Crippen MR) is 206 cm³/mol. The van der Waals surface area contributed by atoms with Gasteiger partial charge in [-0.05, 0) is 90.0 Å². The van der Waals surface area contributed by atoms with E-state index in [-0.39, 0.29) is 16.7 Å². The summed E-state index contributed by atoms with van der Waals surface area (Å²) in [6, 6.07) is 26.3. The average molecular weight is 657 g/mol. The van der Waals surface area contributed by atoms with Crippen LogP contribution < -0.4 is 20.9 Å². The van der Waals surface area contributed by atoms with Gasteiger partial charge >= 0.3 is 0 Å². The number of hydrogen-bond donors (Lipinski definition) is 3. The third-order valence-corrected chi connectivity index (χ3v) is 9.10. The lowest BCUT2D eigenvalue weighted by Crippen LogP contribution is -2.23. The van der Waals surface area contributed by atoms with E-state index >= 15 is 0 Å². The summed E-state index contributed by atoms with van der Waals surface area (Å²) in [6.45, 7) is 0. The van der Waals surface area contributed by atoms with E-state index in [1.165, 1.54) is 39.4 Å². The van der Waals surface area contributed by atoms with Gasteiger partial charge in [0.15, 0.2) is 5.71 Å². The number of benzene rings is 5. The largest absolute Gasteiger partial charge is 0.762 e. The van der Waals surface area contributed by atoms with Gasteiger partial charge in [-0.15, -0.1) is 0 Å². The maximum Gasteiger partial charge on any atom is 0.200 e. The van der Waals surface area contributed by atoms with E-state index in [1.807, 2.05) is 42.5 Å². The molecule has 0 aliphatic heterocycles. The zero-order chi connectivity index (χ0) is 34.8. The van der Waals surface area contributed by atoms with E-state index in [9.17, 15) is 15.4 Å². The molecule has 0 unspecified atom stereocenters. The average Bonchev–Trinajstić information content (AvgIpc) is 3.13. The molecule has 0 fully saturated rings. The van der Waals surface area contributed by atoms with E-state index < -0.39 is 6.04 Å². The van der Waals surface area contributed by atoms with Crippen molar-refractivity contribution >= 4 is 68.1 Å². The van der Waals surface area contributed by atoms with Gasteiger partial charge in [0, 0.05) is 22.9 Å². The lowest BCUT2D eigenvalue weighted by atomic mass is 9.97. The second-order valence-electron chi connectivity index (χ2n) is 12.6. The van der Waals surface area contributed by atoms with Crippen LogP contribution in [0.2, 0.25) is 0 Å². The van der Waals surface area contributed by atoms with Crippen molar-refractivity contribution in [1.29, 1.82) is 0 Å². The summed E-state index contributed by atoms with van der Waals surface area (Å²) in [5, 5.41) is 51.9. The molecule has 5 aromatic rings. The first-order valence-electron chi connectivity index (χ1n) is 16.4. The monoisotopic (exact) mass is 656 g/mol. The Morgan fingerprint density at radius 1 is 0.680 bits per heavy atom. The van der Waals surface area contributed by atoms with E-state index in [2.05, 4.69) is 91.5 Å². The van der Waals surface area contributed by atoms with Gasteiger partial charge < -0.3 is 20.6 Å². The van der Waals surface area contributed by atoms with Gasteiger partial charge in [-0.25, -0.2) is 4.58 Å². The second kappa shape index (κ2) is 13.8. The number of hydroxylamine groups is 2. The van der Waals surface area contributed by atoms with Crippen molar-refractivity contribution in [2.75, 3.05) is 14.1 Å². The van der Waals surface area contributed by atoms with Crippen LogP contribution >= 0.6 is 0 Å². The van der Waals surface area contributed by atoms with E-state index in [4.69, 9.17) is 5.21 Å². The van der Waals surface area contributed by atoms with Crippen molar-refractivity contribution in [2.24, 2.45) is 0 Å². The molecular formula is C44H36N2O4. The number of hydrogen-bond acceptors (Lipinski definition) is 5. The van der Waals surface area contributed by atoms with Crippen molar-refractivity contribution in [3.63, 3.8) is 0 Å². The van der Waals surface area contributed by atoms with Crippen LogP contribution in [0.3, 0.4) is 0 Å². The molecule has 2 aliphatic carbocycles. The van der Waals surface area contributed by atoms with Crippen molar-refractivity contribution < 1.29 is 20.0 Å². The van der Waals surface area contributed by atoms with Gasteiger partial charge in [-0.1, -0.05) is 109 Å². The Kier molecular flexibility index (Phi) is 8.98. The fourth-order valence-electron chi connectivity index (χ4n) is 6.35. The molecule has 0 radical (unpaired) electrons. The zero-order valence-electron chi connectivity index (χ0n) is 27.7. The highest BCUT2D eigenvalue weighted by Crippen LogP contribution is 2.23. The van der Waals surface area contributed by atoms with Gasteiger partial charge in [0.1, 0.15) is 25.6 Å². The maximum absolute atomic E-state index is 11.0. The topological polar surface area (TPSA) is 90.0 Å². The Bertz CT molecular complexity index is 2650. The van der Waals surface area contributed by atoms with E-state index in [1.54, 1.807) is 30.4 Å². The Hall–Kier alpha value is -6.05. The molecule has 0 saturated heterocycles. The van der Waals surface area contributed by atoms with Gasteiger partial charge in [0.25, 0.3) is 0 Å². The molecule has 7 rings (SSSR count). The summed E-state index contributed by atoms with van der Waals surface area (Å²) in [6.07, 6.45) is 23.6. The number of fused-ring (bicyclic) bond motifs is 6. The van der Waals surface area contributed by atoms with Crippen LogP contribution in [0.25, 0.3) is 62.4 Å². The highest BCUT2D eigenvalue weighted by atomic mass is 16.8. The van der Waals surface area contributed by atoms with Crippen molar-refractivity contribution in [1.82, 2.24) is 5.23 Å². The SMILES string of the molecule is C[N+](C)=C1C=Cc2c(ccc3cc(=CC=C/C(O)=c4\ccc5c(ccc6cc(=CC=CC(O)=C7C=CC(N([O-])O)C=C7)ccc65)c4)ccc23)=C1. The Morgan fingerprint density at radius 2 is 1.26 bits per heavy atom. The lowest BCUT2D eigenvalue weighted by molar-refractivity contribution is -0.462. The number of rotatable bonds is 5. The highest BCUT2D eigenvalue weighted by molar-refractivity contribution is 6.18. The molecule has 0 atom stereocenters. The molecule has 2 aliphatic rings. The summed E-state index contributed by atoms with van der Waals surface area (Å²) < 4.78 is 2.11. The Morgan fingerprint density at radius 3 is 1.92 bits per heavy atom. The van der Waals surface area contributed by atoms with Crippen molar-refractivity contribution in [3.05, 3.63) is 177 Å². The summed E-state index contributed by atoms with van der Waals surface area (Å²) in [5.74, 6) is 0.251. The van der Waals surface area contributed by atoms with E-state index in [0.29, 0.717) is 5.57 Å². The molecule has 0 aromatic heterocycles. The third kappa shape index (κ3) is 6.77. The molecule has 0 saturated carbocycles. The second-order valence-corrected chi connectivity index (χ2v) is 12.6. The molecule has 0 heterocycles. The first kappa shape index (κ1) is 32.5. The summed E-state index contributed by atoms with van der Waals surface area (Å²) in [5.41, 5.74) is 2.96. The fraction of sp³-hybridized carbons (Fsp3) is 0.0682. The molecule has 0 amide bonds. The minimum absolute atomic E-state index is 0.0551. The summed E-state index contributed by atoms with van der Waals surface area (Å²) in [4.78, 5) is 0. The number of aliphatic hydroxyl groups is 2. The van der Waals surface area contributed by atoms with Crippen LogP contribution in [0.1, 0.15) is 5.56 Å². The first-order chi connectivity index (χ1) is 24.2. The van der Waals surface area contributed by atoms with Crippen LogP contribution in [0.5, 0.6) is 0 Å². The zero-order valence-corrected chi connectivity index (χ0v) is 27.7.